The van der Waals surface area contributed by atoms with Crippen molar-refractivity contribution < 1.29 is 36.2 Å². The Balaban J connectivity index is 3.48. The maximum atomic E-state index is 13.3. The molecule has 0 aliphatic carbocycles. The van der Waals surface area contributed by atoms with E-state index in [1.165, 1.54) is 6.92 Å². The summed E-state index contributed by atoms with van der Waals surface area (Å²) < 4.78 is 78.7. The van der Waals surface area contributed by atoms with E-state index in [4.69, 9.17) is 10.8 Å². The van der Waals surface area contributed by atoms with Gasteiger partial charge >= 0.3 is 18.3 Å². The van der Waals surface area contributed by atoms with Gasteiger partial charge in [0.05, 0.1) is 17.0 Å². The molecule has 0 saturated carbocycles. The van der Waals surface area contributed by atoms with Crippen LogP contribution in [0.1, 0.15) is 42.4 Å². The number of aliphatic carboxylic acids is 1. The topological polar surface area (TPSA) is 63.3 Å². The lowest BCUT2D eigenvalue weighted by Gasteiger charge is -2.25. The van der Waals surface area contributed by atoms with Crippen LogP contribution in [0.4, 0.5) is 26.3 Å². The molecular weight excluding hydrogens is 340 g/mol. The summed E-state index contributed by atoms with van der Waals surface area (Å²) in [5, 5.41) is 9.00. The van der Waals surface area contributed by atoms with Crippen molar-refractivity contribution in [3.63, 3.8) is 0 Å². The molecule has 1 aromatic carbocycles. The maximum absolute atomic E-state index is 13.3. The summed E-state index contributed by atoms with van der Waals surface area (Å²) in [6.07, 6.45) is -10.6. The molecule has 9 heteroatoms. The third-order valence-electron chi connectivity index (χ3n) is 3.82. The number of hydrogen-bond donors (Lipinski definition) is 2. The molecule has 24 heavy (non-hydrogen) atoms. The van der Waals surface area contributed by atoms with Gasteiger partial charge in [0.1, 0.15) is 0 Å². The van der Waals surface area contributed by atoms with E-state index >= 15 is 0 Å². The number of carboxylic acid groups (broad SMARTS) is 1. The number of alkyl halides is 6. The summed E-state index contributed by atoms with van der Waals surface area (Å²) in [4.78, 5) is 11.0. The second-order valence-electron chi connectivity index (χ2n) is 5.38. The molecule has 0 amide bonds. The van der Waals surface area contributed by atoms with Gasteiger partial charge < -0.3 is 10.8 Å². The number of halogens is 6. The van der Waals surface area contributed by atoms with Gasteiger partial charge in [-0.1, -0.05) is 19.1 Å². The molecule has 0 radical (unpaired) electrons. The van der Waals surface area contributed by atoms with Gasteiger partial charge in [0, 0.05) is 6.54 Å². The maximum Gasteiger partial charge on any atom is 0.417 e. The van der Waals surface area contributed by atoms with Crippen LogP contribution < -0.4 is 5.73 Å². The number of benzene rings is 1. The van der Waals surface area contributed by atoms with Crippen LogP contribution in [0, 0.1) is 5.92 Å². The van der Waals surface area contributed by atoms with Gasteiger partial charge in [-0.15, -0.1) is 0 Å². The normalized spacial score (nSPS) is 15.2. The molecule has 0 saturated heterocycles. The highest BCUT2D eigenvalue weighted by Crippen LogP contribution is 2.45. The van der Waals surface area contributed by atoms with Crippen molar-refractivity contribution in [1.82, 2.24) is 0 Å². The van der Waals surface area contributed by atoms with Crippen molar-refractivity contribution in [2.45, 2.75) is 38.0 Å². The second kappa shape index (κ2) is 7.42. The van der Waals surface area contributed by atoms with Crippen LogP contribution in [0.15, 0.2) is 18.2 Å². The van der Waals surface area contributed by atoms with E-state index in [0.29, 0.717) is 6.07 Å². The minimum absolute atomic E-state index is 0.0498. The number of carbonyl (C=O) groups is 1. The predicted octanol–water partition coefficient (Wildman–Crippen LogP) is 4.27. The lowest BCUT2D eigenvalue weighted by Crippen LogP contribution is -2.26. The SMILES string of the molecule is CCC(CC(CN)C(=O)O)c1cccc(C(F)(F)F)c1C(F)(F)F. The van der Waals surface area contributed by atoms with E-state index in [-0.39, 0.29) is 19.4 Å². The van der Waals surface area contributed by atoms with Crippen molar-refractivity contribution in [3.05, 3.63) is 34.9 Å². The molecule has 0 fully saturated rings. The van der Waals surface area contributed by atoms with Crippen LogP contribution in [-0.4, -0.2) is 17.6 Å². The van der Waals surface area contributed by atoms with E-state index < -0.39 is 46.8 Å². The Hall–Kier alpha value is -1.77. The molecule has 0 aliphatic rings. The fourth-order valence-corrected chi connectivity index (χ4v) is 2.62. The fourth-order valence-electron chi connectivity index (χ4n) is 2.62. The highest BCUT2D eigenvalue weighted by molar-refractivity contribution is 5.70. The molecule has 2 atom stereocenters. The Morgan fingerprint density at radius 3 is 2.12 bits per heavy atom. The van der Waals surface area contributed by atoms with Crippen molar-refractivity contribution in [2.75, 3.05) is 6.54 Å². The third kappa shape index (κ3) is 4.62. The lowest BCUT2D eigenvalue weighted by atomic mass is 9.83. The number of nitrogens with two attached hydrogens (primary N) is 1. The van der Waals surface area contributed by atoms with E-state index in [1.54, 1.807) is 0 Å². The van der Waals surface area contributed by atoms with E-state index in [1.807, 2.05) is 0 Å². The first-order valence-electron chi connectivity index (χ1n) is 7.13. The second-order valence-corrected chi connectivity index (χ2v) is 5.38. The Bertz CT molecular complexity index is 582. The molecule has 0 aromatic heterocycles. The highest BCUT2D eigenvalue weighted by Gasteiger charge is 2.45. The van der Waals surface area contributed by atoms with Crippen LogP contribution >= 0.6 is 0 Å². The first-order chi connectivity index (χ1) is 10.9. The highest BCUT2D eigenvalue weighted by atomic mass is 19.4. The molecule has 2 unspecified atom stereocenters. The average Bonchev–Trinajstić information content (AvgIpc) is 2.45. The van der Waals surface area contributed by atoms with E-state index in [0.717, 1.165) is 12.1 Å². The van der Waals surface area contributed by atoms with E-state index in [9.17, 15) is 31.1 Å². The standard InChI is InChI=1S/C15H17F6NO2/c1-2-8(6-9(7-22)13(23)24)10-4-3-5-11(14(16,17)18)12(10)15(19,20)21/h3-5,8-9H,2,6-7,22H2,1H3,(H,23,24). The van der Waals surface area contributed by atoms with Crippen molar-refractivity contribution >= 4 is 5.97 Å². The van der Waals surface area contributed by atoms with Gasteiger partial charge in [0.25, 0.3) is 0 Å². The monoisotopic (exact) mass is 357 g/mol. The van der Waals surface area contributed by atoms with Gasteiger partial charge in [0.15, 0.2) is 0 Å². The quantitative estimate of drug-likeness (QED) is 0.748. The molecule has 3 N–H and O–H groups in total. The summed E-state index contributed by atoms with van der Waals surface area (Å²) in [7, 11) is 0. The van der Waals surface area contributed by atoms with Crippen LogP contribution in [0.2, 0.25) is 0 Å². The van der Waals surface area contributed by atoms with Crippen LogP contribution in [0.5, 0.6) is 0 Å². The smallest absolute Gasteiger partial charge is 0.417 e. The van der Waals surface area contributed by atoms with Crippen molar-refractivity contribution in [1.29, 1.82) is 0 Å². The van der Waals surface area contributed by atoms with Gasteiger partial charge in [-0.2, -0.15) is 26.3 Å². The Morgan fingerprint density at radius 2 is 1.75 bits per heavy atom. The minimum atomic E-state index is -5.21. The number of carboxylic acids is 1. The average molecular weight is 357 g/mol. The zero-order valence-electron chi connectivity index (χ0n) is 12.7. The van der Waals surface area contributed by atoms with Gasteiger partial charge in [-0.25, -0.2) is 0 Å². The van der Waals surface area contributed by atoms with Crippen LogP contribution in [0.25, 0.3) is 0 Å². The molecule has 0 spiro atoms. The zero-order chi connectivity index (χ0) is 18.7. The summed E-state index contributed by atoms with van der Waals surface area (Å²) in [6.45, 7) is 1.17. The molecule has 3 nitrogen and oxygen atoms in total. The van der Waals surface area contributed by atoms with E-state index in [2.05, 4.69) is 0 Å². The number of hydrogen-bond acceptors (Lipinski definition) is 2. The summed E-state index contributed by atoms with van der Waals surface area (Å²) in [6, 6.07) is 2.23. The van der Waals surface area contributed by atoms with Gasteiger partial charge in [-0.3, -0.25) is 4.79 Å². The number of rotatable bonds is 6. The molecule has 1 rings (SSSR count). The molecule has 0 heterocycles. The molecule has 0 bridgehead atoms. The lowest BCUT2D eigenvalue weighted by molar-refractivity contribution is -0.162. The Morgan fingerprint density at radius 1 is 1.17 bits per heavy atom. The van der Waals surface area contributed by atoms with Crippen molar-refractivity contribution in [3.8, 4) is 0 Å². The van der Waals surface area contributed by atoms with Gasteiger partial charge in [0.2, 0.25) is 0 Å². The third-order valence-corrected chi connectivity index (χ3v) is 3.82. The molecular formula is C15H17F6NO2. The Kier molecular flexibility index (Phi) is 6.26. The zero-order valence-corrected chi connectivity index (χ0v) is 12.7. The summed E-state index contributed by atoms with van der Waals surface area (Å²) >= 11 is 0. The van der Waals surface area contributed by atoms with Crippen molar-refractivity contribution in [2.24, 2.45) is 11.7 Å². The molecule has 0 aliphatic heterocycles. The summed E-state index contributed by atoms with van der Waals surface area (Å²) in [5.41, 5.74) is 1.21. The molecule has 1 aromatic rings. The Labute approximate surface area is 134 Å². The largest absolute Gasteiger partial charge is 0.481 e. The predicted molar refractivity (Wildman–Crippen MR) is 74.3 cm³/mol. The molecule has 136 valence electrons. The summed E-state index contributed by atoms with van der Waals surface area (Å²) in [5.74, 6) is -3.43. The fraction of sp³-hybridized carbons (Fsp3) is 0.533. The van der Waals surface area contributed by atoms with Crippen LogP contribution in [-0.2, 0) is 17.1 Å². The minimum Gasteiger partial charge on any atom is -0.481 e. The first-order valence-corrected chi connectivity index (χ1v) is 7.13. The van der Waals surface area contributed by atoms with Crippen LogP contribution in [0.3, 0.4) is 0 Å². The first kappa shape index (κ1) is 20.3. The van der Waals surface area contributed by atoms with Gasteiger partial charge in [-0.05, 0) is 30.4 Å².